The second-order valence-corrected chi connectivity index (χ2v) is 9.30. The third kappa shape index (κ3) is 5.57. The van der Waals surface area contributed by atoms with Gasteiger partial charge in [-0.2, -0.15) is 0 Å². The molecule has 2 atom stereocenters. The van der Waals surface area contributed by atoms with Crippen LogP contribution in [0.2, 0.25) is 0 Å². The molecule has 0 saturated carbocycles. The van der Waals surface area contributed by atoms with E-state index >= 15 is 0 Å². The number of β-lactam (4-membered cyclic amide) rings is 1. The Bertz CT molecular complexity index is 1010. The van der Waals surface area contributed by atoms with E-state index in [9.17, 15) is 4.79 Å². The van der Waals surface area contributed by atoms with Gasteiger partial charge in [0.15, 0.2) is 6.10 Å². The Hall–Kier alpha value is -3.11. The van der Waals surface area contributed by atoms with E-state index in [0.29, 0.717) is 13.2 Å². The molecule has 0 bridgehead atoms. The van der Waals surface area contributed by atoms with Crippen LogP contribution in [0.25, 0.3) is 0 Å². The standard InChI is InChI=1S/C28H31NO3/c1-28(2,3)32-24-16-14-21(15-17-24)18-25-26(31-20-23-12-8-5-9-13-23)27(30)29(25)19-22-10-6-4-7-11-22/h4-17,25-26H,18-20H2,1-3H3. The second-order valence-electron chi connectivity index (χ2n) is 9.30. The normalized spacial score (nSPS) is 18.3. The topological polar surface area (TPSA) is 38.8 Å². The maximum atomic E-state index is 13.0. The fraction of sp³-hybridized carbons (Fsp3) is 0.321. The molecule has 1 saturated heterocycles. The Morgan fingerprint density at radius 2 is 1.38 bits per heavy atom. The lowest BCUT2D eigenvalue weighted by Crippen LogP contribution is -2.65. The van der Waals surface area contributed by atoms with Crippen LogP contribution in [-0.2, 0) is 29.1 Å². The van der Waals surface area contributed by atoms with Crippen molar-refractivity contribution in [2.45, 2.75) is 58.1 Å². The van der Waals surface area contributed by atoms with Crippen molar-refractivity contribution in [2.75, 3.05) is 0 Å². The Kier molecular flexibility index (Phi) is 6.61. The number of hydrogen-bond donors (Lipinski definition) is 0. The third-order valence-corrected chi connectivity index (χ3v) is 5.54. The lowest BCUT2D eigenvalue weighted by Gasteiger charge is -2.47. The molecule has 2 unspecified atom stereocenters. The molecule has 0 aliphatic carbocycles. The zero-order valence-electron chi connectivity index (χ0n) is 19.0. The van der Waals surface area contributed by atoms with E-state index in [1.807, 2.05) is 86.3 Å². The number of ether oxygens (including phenoxy) is 2. The first-order valence-electron chi connectivity index (χ1n) is 11.2. The van der Waals surface area contributed by atoms with Crippen LogP contribution in [0.4, 0.5) is 0 Å². The lowest BCUT2D eigenvalue weighted by molar-refractivity contribution is -0.177. The van der Waals surface area contributed by atoms with E-state index in [-0.39, 0.29) is 17.6 Å². The number of amides is 1. The van der Waals surface area contributed by atoms with Crippen LogP contribution < -0.4 is 4.74 Å². The quantitative estimate of drug-likeness (QED) is 0.450. The van der Waals surface area contributed by atoms with E-state index in [1.165, 1.54) is 0 Å². The van der Waals surface area contributed by atoms with E-state index in [0.717, 1.165) is 28.9 Å². The van der Waals surface area contributed by atoms with Crippen LogP contribution in [0.3, 0.4) is 0 Å². The summed E-state index contributed by atoms with van der Waals surface area (Å²) in [5.41, 5.74) is 3.13. The van der Waals surface area contributed by atoms with Gasteiger partial charge in [-0.3, -0.25) is 4.79 Å². The summed E-state index contributed by atoms with van der Waals surface area (Å²) in [4.78, 5) is 14.9. The fourth-order valence-corrected chi connectivity index (χ4v) is 4.00. The molecule has 1 aliphatic heterocycles. The molecule has 0 N–H and O–H groups in total. The van der Waals surface area contributed by atoms with Crippen molar-refractivity contribution in [2.24, 2.45) is 0 Å². The van der Waals surface area contributed by atoms with E-state index < -0.39 is 6.10 Å². The van der Waals surface area contributed by atoms with Gasteiger partial charge in [0.1, 0.15) is 11.4 Å². The highest BCUT2D eigenvalue weighted by Gasteiger charge is 2.47. The van der Waals surface area contributed by atoms with Crippen LogP contribution in [0.15, 0.2) is 84.9 Å². The highest BCUT2D eigenvalue weighted by atomic mass is 16.5. The molecule has 0 spiro atoms. The summed E-state index contributed by atoms with van der Waals surface area (Å²) in [5.74, 6) is 0.909. The zero-order chi connectivity index (χ0) is 22.6. The highest BCUT2D eigenvalue weighted by Crippen LogP contribution is 2.30. The van der Waals surface area contributed by atoms with Crippen molar-refractivity contribution in [3.8, 4) is 5.75 Å². The van der Waals surface area contributed by atoms with Crippen molar-refractivity contribution in [3.63, 3.8) is 0 Å². The predicted octanol–water partition coefficient (Wildman–Crippen LogP) is 5.40. The molecule has 4 heteroatoms. The summed E-state index contributed by atoms with van der Waals surface area (Å²) in [6, 6.07) is 28.3. The average molecular weight is 430 g/mol. The molecule has 0 aromatic heterocycles. The molecule has 3 aromatic rings. The monoisotopic (exact) mass is 429 g/mol. The van der Waals surface area contributed by atoms with Crippen LogP contribution in [0, 0.1) is 0 Å². The predicted molar refractivity (Wildman–Crippen MR) is 126 cm³/mol. The van der Waals surface area contributed by atoms with Gasteiger partial charge in [0.2, 0.25) is 0 Å². The van der Waals surface area contributed by atoms with Gasteiger partial charge < -0.3 is 14.4 Å². The summed E-state index contributed by atoms with van der Waals surface area (Å²) in [6.07, 6.45) is 0.317. The van der Waals surface area contributed by atoms with Crippen LogP contribution >= 0.6 is 0 Å². The smallest absolute Gasteiger partial charge is 0.254 e. The maximum absolute atomic E-state index is 13.0. The molecule has 3 aromatic carbocycles. The highest BCUT2D eigenvalue weighted by molar-refractivity contribution is 5.88. The largest absolute Gasteiger partial charge is 0.488 e. The first-order valence-corrected chi connectivity index (χ1v) is 11.2. The van der Waals surface area contributed by atoms with Gasteiger partial charge in [0, 0.05) is 6.54 Å². The van der Waals surface area contributed by atoms with Gasteiger partial charge in [-0.05, 0) is 56.0 Å². The zero-order valence-corrected chi connectivity index (χ0v) is 19.0. The van der Waals surface area contributed by atoms with E-state index in [4.69, 9.17) is 9.47 Å². The van der Waals surface area contributed by atoms with Crippen molar-refractivity contribution in [1.29, 1.82) is 0 Å². The molecular formula is C28H31NO3. The van der Waals surface area contributed by atoms with Gasteiger partial charge in [-0.25, -0.2) is 0 Å². The van der Waals surface area contributed by atoms with Gasteiger partial charge in [0.05, 0.1) is 12.6 Å². The molecule has 1 aliphatic rings. The summed E-state index contributed by atoms with van der Waals surface area (Å²) in [5, 5.41) is 0. The number of likely N-dealkylation sites (tertiary alicyclic amines) is 1. The SMILES string of the molecule is CC(C)(C)Oc1ccc(CC2C(OCc3ccccc3)C(=O)N2Cc2ccccc2)cc1. The van der Waals surface area contributed by atoms with Crippen LogP contribution in [0.5, 0.6) is 5.75 Å². The van der Waals surface area contributed by atoms with Crippen LogP contribution in [0.1, 0.15) is 37.5 Å². The molecule has 1 heterocycles. The number of hydrogen-bond acceptors (Lipinski definition) is 3. The molecular weight excluding hydrogens is 398 g/mol. The number of carbonyl (C=O) groups is 1. The first-order chi connectivity index (χ1) is 15.4. The Morgan fingerprint density at radius 1 is 0.781 bits per heavy atom. The number of carbonyl (C=O) groups excluding carboxylic acids is 1. The van der Waals surface area contributed by atoms with E-state index in [1.54, 1.807) is 0 Å². The molecule has 0 radical (unpaired) electrons. The molecule has 1 fully saturated rings. The Labute approximate surface area is 190 Å². The van der Waals surface area contributed by atoms with Gasteiger partial charge in [-0.1, -0.05) is 72.8 Å². The Morgan fingerprint density at radius 3 is 1.97 bits per heavy atom. The number of rotatable bonds is 8. The van der Waals surface area contributed by atoms with Crippen molar-refractivity contribution < 1.29 is 14.3 Å². The summed E-state index contributed by atoms with van der Waals surface area (Å²) in [7, 11) is 0. The maximum Gasteiger partial charge on any atom is 0.254 e. The minimum absolute atomic E-state index is 0.000743. The molecule has 32 heavy (non-hydrogen) atoms. The number of benzene rings is 3. The minimum atomic E-state index is -0.426. The van der Waals surface area contributed by atoms with Crippen molar-refractivity contribution >= 4 is 5.91 Å². The van der Waals surface area contributed by atoms with Gasteiger partial charge in [-0.15, -0.1) is 0 Å². The van der Waals surface area contributed by atoms with Crippen molar-refractivity contribution in [1.82, 2.24) is 4.90 Å². The summed E-state index contributed by atoms with van der Waals surface area (Å²) >= 11 is 0. The molecule has 4 nitrogen and oxygen atoms in total. The average Bonchev–Trinajstić information content (AvgIpc) is 2.78. The molecule has 166 valence electrons. The number of nitrogens with zero attached hydrogens (tertiary/aromatic N) is 1. The van der Waals surface area contributed by atoms with Crippen molar-refractivity contribution in [3.05, 3.63) is 102 Å². The molecule has 4 rings (SSSR count). The van der Waals surface area contributed by atoms with Gasteiger partial charge >= 0.3 is 0 Å². The van der Waals surface area contributed by atoms with E-state index in [2.05, 4.69) is 24.3 Å². The second kappa shape index (κ2) is 9.58. The lowest BCUT2D eigenvalue weighted by atomic mass is 9.90. The molecule has 1 amide bonds. The summed E-state index contributed by atoms with van der Waals surface area (Å²) < 4.78 is 12.0. The van der Waals surface area contributed by atoms with Gasteiger partial charge in [0.25, 0.3) is 5.91 Å². The van der Waals surface area contributed by atoms with Crippen LogP contribution in [-0.4, -0.2) is 28.6 Å². The Balaban J connectivity index is 1.47. The summed E-state index contributed by atoms with van der Waals surface area (Å²) in [6.45, 7) is 7.15. The minimum Gasteiger partial charge on any atom is -0.488 e. The first kappa shape index (κ1) is 22.1. The third-order valence-electron chi connectivity index (χ3n) is 5.54. The fourth-order valence-electron chi connectivity index (χ4n) is 4.00.